The third-order valence-corrected chi connectivity index (χ3v) is 11.8. The van der Waals surface area contributed by atoms with Gasteiger partial charge in [0.1, 0.15) is 17.2 Å². The van der Waals surface area contributed by atoms with E-state index in [1.165, 1.54) is 0 Å². The maximum absolute atomic E-state index is 13.8. The number of anilines is 2. The van der Waals surface area contributed by atoms with E-state index >= 15 is 0 Å². The van der Waals surface area contributed by atoms with E-state index in [-0.39, 0.29) is 64.8 Å². The summed E-state index contributed by atoms with van der Waals surface area (Å²) in [5, 5.41) is 5.68. The van der Waals surface area contributed by atoms with E-state index in [1.807, 2.05) is 0 Å². The Morgan fingerprint density at radius 2 is 0.750 bits per heavy atom. The van der Waals surface area contributed by atoms with Crippen LogP contribution in [0.2, 0.25) is 0 Å². The van der Waals surface area contributed by atoms with Gasteiger partial charge in [0, 0.05) is 34.5 Å². The number of ketones is 1. The predicted molar refractivity (Wildman–Crippen MR) is 226 cm³/mol. The molecule has 3 aliphatic rings. The average Bonchev–Trinajstić information content (AvgIpc) is 3.28. The minimum absolute atomic E-state index is 0.00369. The summed E-state index contributed by atoms with van der Waals surface area (Å²) >= 11 is 0. The van der Waals surface area contributed by atoms with Crippen LogP contribution in [0.25, 0.3) is 0 Å². The molecule has 2 N–H and O–H groups in total. The highest BCUT2D eigenvalue weighted by molar-refractivity contribution is 6.08. The van der Waals surface area contributed by atoms with Crippen LogP contribution in [-0.4, -0.2) is 35.5 Å². The van der Waals surface area contributed by atoms with Gasteiger partial charge in [0.05, 0.1) is 17.8 Å². The SMILES string of the molecule is O=C(Cc1ccc(OC(=O)C2CCCCC2)cc1)c1cc(NC(=O)c2ccc(OC(=O)C3CCCCC3)cc2)cc(NC(=O)c2ccc(OC(=O)C3CCCCC3)cc2)c1. The minimum Gasteiger partial charge on any atom is -0.426 e. The molecule has 2 amide bonds. The van der Waals surface area contributed by atoms with Crippen molar-refractivity contribution in [3.05, 3.63) is 113 Å². The summed E-state index contributed by atoms with van der Waals surface area (Å²) < 4.78 is 16.8. The first-order valence-electron chi connectivity index (χ1n) is 21.4. The quantitative estimate of drug-likeness (QED) is 0.0763. The van der Waals surface area contributed by atoms with E-state index in [4.69, 9.17) is 14.2 Å². The Morgan fingerprint density at radius 3 is 1.10 bits per heavy atom. The molecule has 0 unspecified atom stereocenters. The van der Waals surface area contributed by atoms with Crippen LogP contribution < -0.4 is 24.8 Å². The number of Topliss-reactive ketones (excluding diaryl/α,β-unsaturated/α-hetero) is 1. The largest absolute Gasteiger partial charge is 0.426 e. The normalized spacial score (nSPS) is 16.3. The molecule has 0 saturated heterocycles. The molecule has 3 fully saturated rings. The van der Waals surface area contributed by atoms with Gasteiger partial charge in [-0.25, -0.2) is 0 Å². The Labute approximate surface area is 350 Å². The van der Waals surface area contributed by atoms with E-state index in [0.717, 1.165) is 96.3 Å². The number of benzene rings is 4. The molecule has 60 heavy (non-hydrogen) atoms. The number of hydrogen-bond acceptors (Lipinski definition) is 9. The van der Waals surface area contributed by atoms with Crippen LogP contribution in [-0.2, 0) is 20.8 Å². The fraction of sp³-hybridized carbons (Fsp3) is 0.388. The first-order valence-corrected chi connectivity index (χ1v) is 21.4. The Hall–Kier alpha value is -6.10. The monoisotopic (exact) mass is 812 g/mol. The number of carbonyl (C=O) groups is 6. The fourth-order valence-electron chi connectivity index (χ4n) is 8.26. The standard InChI is InChI=1S/C49H52N2O9/c52-44(28-32-16-22-41(23-17-32)58-47(55)35-10-4-1-5-11-35)38-29-39(50-45(53)33-18-24-42(25-19-33)59-48(56)36-12-6-2-7-13-36)31-40(30-38)51-46(54)34-20-26-43(27-21-34)60-49(57)37-14-8-3-9-15-37/h16-27,29-31,35-37H,1-15,28H2,(H,50,53)(H,51,54). The molecule has 11 nitrogen and oxygen atoms in total. The van der Waals surface area contributed by atoms with Crippen LogP contribution in [0.3, 0.4) is 0 Å². The number of nitrogens with one attached hydrogen (secondary N) is 2. The summed E-state index contributed by atoms with van der Waals surface area (Å²) in [7, 11) is 0. The molecule has 0 spiro atoms. The smallest absolute Gasteiger partial charge is 0.314 e. The van der Waals surface area contributed by atoms with Gasteiger partial charge in [-0.1, -0.05) is 69.9 Å². The van der Waals surface area contributed by atoms with Crippen molar-refractivity contribution in [2.45, 2.75) is 103 Å². The zero-order valence-electron chi connectivity index (χ0n) is 33.9. The van der Waals surface area contributed by atoms with Crippen LogP contribution in [0.15, 0.2) is 91.0 Å². The molecule has 0 aromatic heterocycles. The topological polar surface area (TPSA) is 154 Å². The molecular formula is C49H52N2O9. The molecule has 0 aliphatic heterocycles. The van der Waals surface area contributed by atoms with Crippen LogP contribution in [0.4, 0.5) is 11.4 Å². The van der Waals surface area contributed by atoms with Crippen molar-refractivity contribution in [1.82, 2.24) is 0 Å². The lowest BCUT2D eigenvalue weighted by Crippen LogP contribution is -2.22. The van der Waals surface area contributed by atoms with Crippen molar-refractivity contribution in [2.24, 2.45) is 17.8 Å². The second kappa shape index (κ2) is 20.2. The third-order valence-electron chi connectivity index (χ3n) is 11.8. The number of carbonyl (C=O) groups excluding carboxylic acids is 6. The first kappa shape index (κ1) is 42.0. The molecule has 3 saturated carbocycles. The Morgan fingerprint density at radius 1 is 0.417 bits per heavy atom. The van der Waals surface area contributed by atoms with Gasteiger partial charge in [-0.3, -0.25) is 28.8 Å². The maximum atomic E-state index is 13.8. The van der Waals surface area contributed by atoms with Crippen molar-refractivity contribution in [1.29, 1.82) is 0 Å². The zero-order chi connectivity index (χ0) is 41.8. The van der Waals surface area contributed by atoms with Gasteiger partial charge in [0.25, 0.3) is 11.8 Å². The highest BCUT2D eigenvalue weighted by Crippen LogP contribution is 2.29. The molecule has 0 atom stereocenters. The lowest BCUT2D eigenvalue weighted by atomic mass is 9.89. The van der Waals surface area contributed by atoms with Crippen molar-refractivity contribution < 1.29 is 43.0 Å². The number of amides is 2. The van der Waals surface area contributed by atoms with E-state index in [9.17, 15) is 28.8 Å². The van der Waals surface area contributed by atoms with Crippen molar-refractivity contribution >= 4 is 46.9 Å². The zero-order valence-corrected chi connectivity index (χ0v) is 33.9. The lowest BCUT2D eigenvalue weighted by Gasteiger charge is -2.19. The summed E-state index contributed by atoms with van der Waals surface area (Å²) in [6.45, 7) is 0. The molecule has 7 rings (SSSR count). The predicted octanol–water partition coefficient (Wildman–Crippen LogP) is 10.1. The molecule has 4 aromatic carbocycles. The van der Waals surface area contributed by atoms with Crippen molar-refractivity contribution in [2.75, 3.05) is 10.6 Å². The maximum Gasteiger partial charge on any atom is 0.314 e. The van der Waals surface area contributed by atoms with E-state index in [1.54, 1.807) is 91.0 Å². The molecule has 11 heteroatoms. The average molecular weight is 813 g/mol. The van der Waals surface area contributed by atoms with Crippen molar-refractivity contribution in [3.8, 4) is 17.2 Å². The van der Waals surface area contributed by atoms with Gasteiger partial charge < -0.3 is 24.8 Å². The van der Waals surface area contributed by atoms with E-state index in [2.05, 4.69) is 10.6 Å². The Kier molecular flexibility index (Phi) is 14.2. The molecule has 4 aromatic rings. The van der Waals surface area contributed by atoms with Gasteiger partial charge >= 0.3 is 17.9 Å². The van der Waals surface area contributed by atoms with E-state index < -0.39 is 11.8 Å². The molecule has 3 aliphatic carbocycles. The molecule has 312 valence electrons. The Bertz CT molecular complexity index is 2050. The summed E-state index contributed by atoms with van der Waals surface area (Å²) in [5.74, 6) is -1.16. The molecular weight excluding hydrogens is 761 g/mol. The van der Waals surface area contributed by atoms with Crippen LogP contribution in [0.1, 0.15) is 133 Å². The lowest BCUT2D eigenvalue weighted by molar-refractivity contribution is -0.140. The van der Waals surface area contributed by atoms with Crippen LogP contribution in [0, 0.1) is 17.8 Å². The number of hydrogen-bond donors (Lipinski definition) is 2. The summed E-state index contributed by atoms with van der Waals surface area (Å²) in [4.78, 5) is 78.7. The highest BCUT2D eigenvalue weighted by Gasteiger charge is 2.25. The van der Waals surface area contributed by atoms with E-state index in [0.29, 0.717) is 33.9 Å². The number of ether oxygens (including phenoxy) is 3. The summed E-state index contributed by atoms with van der Waals surface area (Å²) in [6, 6.07) is 24.0. The Balaban J connectivity index is 1.04. The number of rotatable bonds is 13. The van der Waals surface area contributed by atoms with Crippen molar-refractivity contribution in [3.63, 3.8) is 0 Å². The van der Waals surface area contributed by atoms with Gasteiger partial charge in [0.15, 0.2) is 5.78 Å². The minimum atomic E-state index is -0.473. The fourth-order valence-corrected chi connectivity index (χ4v) is 8.26. The van der Waals surface area contributed by atoms with Crippen LogP contribution >= 0.6 is 0 Å². The highest BCUT2D eigenvalue weighted by atomic mass is 16.5. The molecule has 0 radical (unpaired) electrons. The van der Waals surface area contributed by atoms with Gasteiger partial charge in [-0.15, -0.1) is 0 Å². The first-order chi connectivity index (χ1) is 29.2. The second-order valence-corrected chi connectivity index (χ2v) is 16.3. The second-order valence-electron chi connectivity index (χ2n) is 16.3. The molecule has 0 bridgehead atoms. The van der Waals surface area contributed by atoms with Gasteiger partial charge in [-0.05, 0) is 123 Å². The van der Waals surface area contributed by atoms with Gasteiger partial charge in [-0.2, -0.15) is 0 Å². The third kappa shape index (κ3) is 11.5. The number of esters is 3. The molecule has 0 heterocycles. The van der Waals surface area contributed by atoms with Gasteiger partial charge in [0.2, 0.25) is 0 Å². The van der Waals surface area contributed by atoms with Crippen LogP contribution in [0.5, 0.6) is 17.2 Å². The summed E-state index contributed by atoms with van der Waals surface area (Å²) in [5.41, 5.74) is 2.05. The summed E-state index contributed by atoms with van der Waals surface area (Å²) in [6.07, 6.45) is 14.4.